The quantitative estimate of drug-likeness (QED) is 0.375. The van der Waals surface area contributed by atoms with Gasteiger partial charge in [-0.15, -0.1) is 12.3 Å². The highest BCUT2D eigenvalue weighted by molar-refractivity contribution is 6.13. The number of phenols is 2. The number of hydrogen-bond acceptors (Lipinski definition) is 6. The summed E-state index contributed by atoms with van der Waals surface area (Å²) < 4.78 is 10.1. The normalized spacial score (nSPS) is 11.9. The van der Waals surface area contributed by atoms with E-state index in [1.807, 2.05) is 0 Å². The van der Waals surface area contributed by atoms with E-state index in [4.69, 9.17) is 15.9 Å². The number of phenolic OH excluding ortho intramolecular Hbond substituents is 2. The Hall–Kier alpha value is -3.98. The fraction of sp³-hybridized carbons (Fsp3) is 0.167. The number of aromatic hydroxyl groups is 2. The van der Waals surface area contributed by atoms with Crippen molar-refractivity contribution in [3.05, 3.63) is 59.7 Å². The first-order valence-corrected chi connectivity index (χ1v) is 9.01. The number of hydrogen-bond donors (Lipinski definition) is 2. The van der Waals surface area contributed by atoms with Crippen molar-refractivity contribution in [3.8, 4) is 35.3 Å². The maximum absolute atomic E-state index is 12.6. The summed E-state index contributed by atoms with van der Waals surface area (Å²) in [4.78, 5) is 25.1. The molecule has 6 nitrogen and oxygen atoms in total. The molecular formula is C24H22O6. The van der Waals surface area contributed by atoms with Crippen LogP contribution in [0.3, 0.4) is 0 Å². The van der Waals surface area contributed by atoms with Crippen LogP contribution in [0.1, 0.15) is 17.5 Å². The lowest BCUT2D eigenvalue weighted by atomic mass is 9.94. The second-order valence-electron chi connectivity index (χ2n) is 6.29. The Bertz CT molecular complexity index is 951. The molecule has 0 spiro atoms. The van der Waals surface area contributed by atoms with E-state index in [0.29, 0.717) is 11.1 Å². The highest BCUT2D eigenvalue weighted by Crippen LogP contribution is 2.28. The number of ketones is 2. The summed E-state index contributed by atoms with van der Waals surface area (Å²) >= 11 is 0. The second kappa shape index (κ2) is 10.5. The fourth-order valence-corrected chi connectivity index (χ4v) is 2.64. The summed E-state index contributed by atoms with van der Waals surface area (Å²) in [6.07, 6.45) is 10.9. The third kappa shape index (κ3) is 5.76. The van der Waals surface area contributed by atoms with Crippen molar-refractivity contribution in [2.75, 3.05) is 14.2 Å². The summed E-state index contributed by atoms with van der Waals surface area (Å²) in [5.41, 5.74) is 1.24. The van der Waals surface area contributed by atoms with Crippen molar-refractivity contribution in [3.63, 3.8) is 0 Å². The third-order valence-corrected chi connectivity index (χ3v) is 4.30. The van der Waals surface area contributed by atoms with Gasteiger partial charge in [-0.25, -0.2) is 0 Å². The van der Waals surface area contributed by atoms with Gasteiger partial charge < -0.3 is 19.7 Å². The summed E-state index contributed by atoms with van der Waals surface area (Å²) in [7, 11) is 2.84. The smallest absolute Gasteiger partial charge is 0.167 e. The molecular weight excluding hydrogens is 384 g/mol. The Morgan fingerprint density at radius 2 is 1.37 bits per heavy atom. The summed E-state index contributed by atoms with van der Waals surface area (Å²) in [5.74, 6) is 0.994. The van der Waals surface area contributed by atoms with Crippen LogP contribution in [0, 0.1) is 18.3 Å². The molecule has 0 aliphatic carbocycles. The van der Waals surface area contributed by atoms with Crippen LogP contribution in [0.2, 0.25) is 0 Å². The number of ether oxygens (including phenoxy) is 2. The molecule has 2 aromatic rings. The number of methoxy groups -OCH3 is 2. The minimum Gasteiger partial charge on any atom is -0.504 e. The monoisotopic (exact) mass is 406 g/mol. The molecule has 154 valence electrons. The zero-order chi connectivity index (χ0) is 22.1. The minimum atomic E-state index is -1.01. The Balaban J connectivity index is 2.16. The van der Waals surface area contributed by atoms with Gasteiger partial charge in [0.05, 0.1) is 20.1 Å². The largest absolute Gasteiger partial charge is 0.504 e. The van der Waals surface area contributed by atoms with Gasteiger partial charge >= 0.3 is 0 Å². The van der Waals surface area contributed by atoms with Gasteiger partial charge in [0, 0.05) is 6.42 Å². The molecule has 0 fully saturated rings. The molecule has 2 rings (SSSR count). The zero-order valence-electron chi connectivity index (χ0n) is 16.7. The van der Waals surface area contributed by atoms with Crippen LogP contribution in [0.15, 0.2) is 48.6 Å². The van der Waals surface area contributed by atoms with Crippen molar-refractivity contribution in [1.29, 1.82) is 0 Å². The van der Waals surface area contributed by atoms with E-state index in [-0.39, 0.29) is 29.4 Å². The minimum absolute atomic E-state index is 0.0163. The highest BCUT2D eigenvalue weighted by atomic mass is 16.5. The number of carbonyl (C=O) groups excluding carboxylic acids is 2. The van der Waals surface area contributed by atoms with E-state index < -0.39 is 17.5 Å². The SMILES string of the molecule is C#CCC(C(=O)C=Cc1ccc(O)c(OC)c1)C(=O)C=Cc1ccc(O)c(OC)c1. The van der Waals surface area contributed by atoms with E-state index in [1.165, 1.54) is 50.7 Å². The first-order chi connectivity index (χ1) is 14.4. The standard InChI is InChI=1S/C24H22O6/c1-4-5-18(19(25)10-6-16-8-12-21(27)23(14-16)29-2)20(26)11-7-17-9-13-22(28)24(15-17)30-3/h1,6-15,18,27-28H,5H2,2-3H3. The molecule has 2 aromatic carbocycles. The predicted octanol–water partition coefficient (Wildman–Crippen LogP) is 3.62. The topological polar surface area (TPSA) is 93.1 Å². The van der Waals surface area contributed by atoms with Gasteiger partial charge in [0.2, 0.25) is 0 Å². The first kappa shape index (κ1) is 22.3. The number of carbonyl (C=O) groups is 2. The van der Waals surface area contributed by atoms with Crippen LogP contribution in [-0.4, -0.2) is 36.0 Å². The van der Waals surface area contributed by atoms with Gasteiger partial charge in [-0.1, -0.05) is 24.3 Å². The number of terminal acetylenes is 1. The molecule has 0 amide bonds. The molecule has 6 heteroatoms. The lowest BCUT2D eigenvalue weighted by molar-refractivity contribution is -0.127. The van der Waals surface area contributed by atoms with Crippen LogP contribution >= 0.6 is 0 Å². The number of benzene rings is 2. The molecule has 0 unspecified atom stereocenters. The van der Waals surface area contributed by atoms with E-state index in [0.717, 1.165) is 0 Å². The van der Waals surface area contributed by atoms with Crippen molar-refractivity contribution in [2.45, 2.75) is 6.42 Å². The average molecular weight is 406 g/mol. The predicted molar refractivity (Wildman–Crippen MR) is 114 cm³/mol. The average Bonchev–Trinajstić information content (AvgIpc) is 2.75. The van der Waals surface area contributed by atoms with E-state index in [9.17, 15) is 19.8 Å². The summed E-state index contributed by atoms with van der Waals surface area (Å²) in [6.45, 7) is 0. The van der Waals surface area contributed by atoms with Gasteiger partial charge in [0.25, 0.3) is 0 Å². The lowest BCUT2D eigenvalue weighted by Gasteiger charge is -2.08. The Morgan fingerprint density at radius 1 is 0.933 bits per heavy atom. The Kier molecular flexibility index (Phi) is 7.83. The Labute approximate surface area is 175 Å². The Morgan fingerprint density at radius 3 is 1.73 bits per heavy atom. The molecule has 2 N–H and O–H groups in total. The molecule has 0 atom stereocenters. The fourth-order valence-electron chi connectivity index (χ4n) is 2.64. The highest BCUT2D eigenvalue weighted by Gasteiger charge is 2.21. The van der Waals surface area contributed by atoms with Crippen molar-refractivity contribution in [2.24, 2.45) is 5.92 Å². The molecule has 0 aliphatic rings. The summed E-state index contributed by atoms with van der Waals surface area (Å²) in [5, 5.41) is 19.3. The van der Waals surface area contributed by atoms with Crippen LogP contribution in [-0.2, 0) is 9.59 Å². The van der Waals surface area contributed by atoms with Crippen LogP contribution < -0.4 is 9.47 Å². The lowest BCUT2D eigenvalue weighted by Crippen LogP contribution is -2.20. The third-order valence-electron chi connectivity index (χ3n) is 4.30. The second-order valence-corrected chi connectivity index (χ2v) is 6.29. The van der Waals surface area contributed by atoms with Crippen LogP contribution in [0.5, 0.6) is 23.0 Å². The molecule has 30 heavy (non-hydrogen) atoms. The molecule has 0 radical (unpaired) electrons. The van der Waals surface area contributed by atoms with Gasteiger partial charge in [-0.2, -0.15) is 0 Å². The van der Waals surface area contributed by atoms with Crippen molar-refractivity contribution >= 4 is 23.7 Å². The van der Waals surface area contributed by atoms with E-state index >= 15 is 0 Å². The van der Waals surface area contributed by atoms with Crippen molar-refractivity contribution < 1.29 is 29.3 Å². The van der Waals surface area contributed by atoms with Crippen LogP contribution in [0.4, 0.5) is 0 Å². The first-order valence-electron chi connectivity index (χ1n) is 9.01. The molecule has 0 saturated heterocycles. The van der Waals surface area contributed by atoms with E-state index in [1.54, 1.807) is 24.3 Å². The molecule has 0 aliphatic heterocycles. The van der Waals surface area contributed by atoms with Gasteiger partial charge in [0.15, 0.2) is 34.6 Å². The van der Waals surface area contributed by atoms with Gasteiger partial charge in [0.1, 0.15) is 0 Å². The summed E-state index contributed by atoms with van der Waals surface area (Å²) in [6, 6.07) is 9.24. The zero-order valence-corrected chi connectivity index (χ0v) is 16.7. The van der Waals surface area contributed by atoms with Crippen LogP contribution in [0.25, 0.3) is 12.2 Å². The molecule has 0 saturated carbocycles. The molecule has 0 heterocycles. The van der Waals surface area contributed by atoms with Gasteiger partial charge in [-0.3, -0.25) is 9.59 Å². The number of rotatable bonds is 9. The maximum atomic E-state index is 12.6. The van der Waals surface area contributed by atoms with Crippen molar-refractivity contribution in [1.82, 2.24) is 0 Å². The van der Waals surface area contributed by atoms with E-state index in [2.05, 4.69) is 5.92 Å². The van der Waals surface area contributed by atoms with Gasteiger partial charge in [-0.05, 0) is 47.5 Å². The molecule has 0 aromatic heterocycles. The number of allylic oxidation sites excluding steroid dienone is 2. The maximum Gasteiger partial charge on any atom is 0.167 e. The molecule has 0 bridgehead atoms.